The molecule has 0 N–H and O–H groups in total. The van der Waals surface area contributed by atoms with Gasteiger partial charge in [-0.05, 0) is 12.0 Å². The largest absolute Gasteiger partial charge is 0.371 e. The van der Waals surface area contributed by atoms with E-state index in [1.54, 1.807) is 6.92 Å². The van der Waals surface area contributed by atoms with Crippen molar-refractivity contribution in [1.29, 1.82) is 5.26 Å². The highest BCUT2D eigenvalue weighted by Gasteiger charge is 2.18. The minimum atomic E-state index is -2.44. The first-order chi connectivity index (χ1) is 8.77. The van der Waals surface area contributed by atoms with Crippen molar-refractivity contribution in [2.24, 2.45) is 0 Å². The standard InChI is InChI=1S/C11H11ClN4/c1-5-7-8(6-13)10(12)15-11(16(3)4)9(7)14-2/h5H2,1,3-4H3/i3D3. The summed E-state index contributed by atoms with van der Waals surface area (Å²) in [5.74, 6) is -0.0316. The molecule has 0 aromatic carbocycles. The van der Waals surface area contributed by atoms with Crippen LogP contribution in [0.2, 0.25) is 5.15 Å². The van der Waals surface area contributed by atoms with Crippen LogP contribution in [0.25, 0.3) is 4.85 Å². The second-order valence-corrected chi connectivity index (χ2v) is 3.42. The SMILES string of the molecule is [2H]C([2H])([2H])N(C)c1nc(Cl)c(C#N)c(CC)c1[N+]#[C-]. The number of halogens is 1. The molecule has 0 aliphatic heterocycles. The van der Waals surface area contributed by atoms with Crippen molar-refractivity contribution in [3.05, 3.63) is 27.7 Å². The summed E-state index contributed by atoms with van der Waals surface area (Å²) in [5, 5.41) is 8.95. The molecule has 0 saturated heterocycles. The van der Waals surface area contributed by atoms with Gasteiger partial charge in [0.05, 0.1) is 12.1 Å². The maximum atomic E-state index is 9.04. The van der Waals surface area contributed by atoms with Crippen molar-refractivity contribution < 1.29 is 4.11 Å². The lowest BCUT2D eigenvalue weighted by Crippen LogP contribution is -2.12. The van der Waals surface area contributed by atoms with Crippen LogP contribution in [0.3, 0.4) is 0 Å². The molecule has 1 heterocycles. The Bertz CT molecular complexity index is 584. The van der Waals surface area contributed by atoms with Crippen molar-refractivity contribution in [1.82, 2.24) is 4.98 Å². The second kappa shape index (κ2) is 4.83. The van der Waals surface area contributed by atoms with Gasteiger partial charge in [0.2, 0.25) is 5.69 Å². The summed E-state index contributed by atoms with van der Waals surface area (Å²) in [6.07, 6.45) is 0.394. The smallest absolute Gasteiger partial charge is 0.232 e. The molecule has 1 rings (SSSR count). The van der Waals surface area contributed by atoms with Gasteiger partial charge < -0.3 is 4.90 Å². The molecule has 0 aliphatic carbocycles. The molecule has 0 aliphatic rings. The Hall–Kier alpha value is -1.78. The first-order valence-corrected chi connectivity index (χ1v) is 4.89. The zero-order valence-corrected chi connectivity index (χ0v) is 9.63. The topological polar surface area (TPSA) is 44.3 Å². The molecule has 0 bridgehead atoms. The fourth-order valence-corrected chi connectivity index (χ4v) is 1.63. The number of pyridine rings is 1. The van der Waals surface area contributed by atoms with Gasteiger partial charge in [-0.2, -0.15) is 5.26 Å². The zero-order valence-electron chi connectivity index (χ0n) is 11.9. The van der Waals surface area contributed by atoms with Crippen molar-refractivity contribution in [3.63, 3.8) is 0 Å². The normalized spacial score (nSPS) is 12.9. The lowest BCUT2D eigenvalue weighted by molar-refractivity contribution is 1.04. The molecule has 16 heavy (non-hydrogen) atoms. The van der Waals surface area contributed by atoms with E-state index in [1.165, 1.54) is 7.05 Å². The number of hydrogen-bond acceptors (Lipinski definition) is 3. The summed E-state index contributed by atoms with van der Waals surface area (Å²) in [5.41, 5.74) is 0.600. The Morgan fingerprint density at radius 3 is 2.88 bits per heavy atom. The van der Waals surface area contributed by atoms with Gasteiger partial charge in [-0.15, -0.1) is 0 Å². The minimum absolute atomic E-state index is 0.0316. The molecular formula is C11H11ClN4. The third kappa shape index (κ3) is 1.93. The van der Waals surface area contributed by atoms with Gasteiger partial charge >= 0.3 is 0 Å². The second-order valence-electron chi connectivity index (χ2n) is 3.06. The van der Waals surface area contributed by atoms with Crippen LogP contribution in [0.1, 0.15) is 22.2 Å². The van der Waals surface area contributed by atoms with Gasteiger partial charge in [0, 0.05) is 18.1 Å². The Kier molecular flexibility index (Phi) is 2.53. The number of rotatable bonds is 2. The van der Waals surface area contributed by atoms with Crippen LogP contribution < -0.4 is 4.90 Å². The Labute approximate surface area is 104 Å². The summed E-state index contributed by atoms with van der Waals surface area (Å²) in [6.45, 7) is 6.52. The van der Waals surface area contributed by atoms with E-state index in [9.17, 15) is 0 Å². The lowest BCUT2D eigenvalue weighted by Gasteiger charge is -2.16. The maximum absolute atomic E-state index is 9.04. The lowest BCUT2D eigenvalue weighted by atomic mass is 10.1. The predicted octanol–water partition coefficient (Wildman–Crippen LogP) is 2.79. The molecule has 0 fully saturated rings. The third-order valence-electron chi connectivity index (χ3n) is 2.10. The molecule has 1 aromatic heterocycles. The molecule has 0 amide bonds. The molecular weight excluding hydrogens is 224 g/mol. The number of aromatic nitrogens is 1. The van der Waals surface area contributed by atoms with Crippen LogP contribution in [-0.4, -0.2) is 19.0 Å². The average Bonchev–Trinajstić information content (AvgIpc) is 2.35. The van der Waals surface area contributed by atoms with Gasteiger partial charge in [-0.1, -0.05) is 18.5 Å². The number of hydrogen-bond donors (Lipinski definition) is 0. The number of anilines is 1. The minimum Gasteiger partial charge on any atom is -0.371 e. The maximum Gasteiger partial charge on any atom is 0.232 e. The van der Waals surface area contributed by atoms with Gasteiger partial charge in [-0.3, -0.25) is 0 Å². The average molecular weight is 238 g/mol. The summed E-state index contributed by atoms with van der Waals surface area (Å²) >= 11 is 5.89. The van der Waals surface area contributed by atoms with Crippen LogP contribution in [0.4, 0.5) is 11.5 Å². The van der Waals surface area contributed by atoms with Crippen molar-refractivity contribution >= 4 is 23.1 Å². The van der Waals surface area contributed by atoms with E-state index in [1.807, 2.05) is 6.07 Å². The highest BCUT2D eigenvalue weighted by atomic mass is 35.5. The quantitative estimate of drug-likeness (QED) is 0.587. The van der Waals surface area contributed by atoms with Gasteiger partial charge in [-0.25, -0.2) is 9.83 Å². The van der Waals surface area contributed by atoms with Crippen molar-refractivity contribution in [2.75, 3.05) is 18.9 Å². The predicted molar refractivity (Wildman–Crippen MR) is 63.9 cm³/mol. The van der Waals surface area contributed by atoms with Crippen LogP contribution in [0.5, 0.6) is 0 Å². The van der Waals surface area contributed by atoms with Crippen LogP contribution in [0, 0.1) is 17.9 Å². The summed E-state index contributed by atoms with van der Waals surface area (Å²) in [6, 6.07) is 1.90. The monoisotopic (exact) mass is 237 g/mol. The molecule has 1 aromatic rings. The van der Waals surface area contributed by atoms with E-state index in [4.69, 9.17) is 27.5 Å². The van der Waals surface area contributed by atoms with Gasteiger partial charge in [0.1, 0.15) is 17.0 Å². The fourth-order valence-electron chi connectivity index (χ4n) is 1.39. The molecule has 82 valence electrons. The molecule has 0 spiro atoms. The highest BCUT2D eigenvalue weighted by molar-refractivity contribution is 6.31. The number of nitrogens with zero attached hydrogens (tertiary/aromatic N) is 4. The van der Waals surface area contributed by atoms with E-state index in [0.717, 1.165) is 4.90 Å². The summed E-state index contributed by atoms with van der Waals surface area (Å²) < 4.78 is 22.1. The van der Waals surface area contributed by atoms with Gasteiger partial charge in [0.15, 0.2) is 0 Å². The van der Waals surface area contributed by atoms with Crippen LogP contribution in [0.15, 0.2) is 0 Å². The third-order valence-corrected chi connectivity index (χ3v) is 2.38. The summed E-state index contributed by atoms with van der Waals surface area (Å²) in [7, 11) is 1.31. The first kappa shape index (κ1) is 8.38. The van der Waals surface area contributed by atoms with Crippen LogP contribution >= 0.6 is 11.6 Å². The number of nitriles is 1. The van der Waals surface area contributed by atoms with E-state index in [-0.39, 0.29) is 22.2 Å². The van der Waals surface area contributed by atoms with Crippen molar-refractivity contribution in [2.45, 2.75) is 13.3 Å². The first-order valence-electron chi connectivity index (χ1n) is 6.01. The molecule has 5 heteroatoms. The molecule has 0 saturated carbocycles. The van der Waals surface area contributed by atoms with Crippen molar-refractivity contribution in [3.8, 4) is 6.07 Å². The Morgan fingerprint density at radius 2 is 2.44 bits per heavy atom. The molecule has 0 unspecified atom stereocenters. The molecule has 4 nitrogen and oxygen atoms in total. The zero-order chi connectivity index (χ0) is 14.8. The molecule has 0 atom stereocenters. The Balaban J connectivity index is 3.66. The van der Waals surface area contributed by atoms with E-state index in [2.05, 4.69) is 9.83 Å². The van der Waals surface area contributed by atoms with Gasteiger partial charge in [0.25, 0.3) is 0 Å². The highest BCUT2D eigenvalue weighted by Crippen LogP contribution is 2.35. The fraction of sp³-hybridized carbons (Fsp3) is 0.364. The van der Waals surface area contributed by atoms with E-state index < -0.39 is 6.98 Å². The molecule has 0 radical (unpaired) electrons. The van der Waals surface area contributed by atoms with Crippen LogP contribution in [-0.2, 0) is 6.42 Å². The summed E-state index contributed by atoms with van der Waals surface area (Å²) in [4.78, 5) is 8.11. The van der Waals surface area contributed by atoms with E-state index >= 15 is 0 Å². The van der Waals surface area contributed by atoms with E-state index in [0.29, 0.717) is 12.0 Å². The Morgan fingerprint density at radius 1 is 1.75 bits per heavy atom.